The van der Waals surface area contributed by atoms with Crippen molar-refractivity contribution < 1.29 is 10.2 Å². The second-order valence-corrected chi connectivity index (χ2v) is 5.38. The van der Waals surface area contributed by atoms with Crippen molar-refractivity contribution in [2.45, 2.75) is 32.6 Å². The Balaban J connectivity index is 1.87. The predicted octanol–water partition coefficient (Wildman–Crippen LogP) is 1.38. The summed E-state index contributed by atoms with van der Waals surface area (Å²) in [4.78, 5) is 2.24. The van der Waals surface area contributed by atoms with E-state index in [4.69, 9.17) is 5.11 Å². The number of hydrogen-bond acceptors (Lipinski definition) is 3. The van der Waals surface area contributed by atoms with Crippen molar-refractivity contribution in [3.05, 3.63) is 35.4 Å². The lowest BCUT2D eigenvalue weighted by Crippen LogP contribution is -2.63. The molecule has 0 atom stereocenters. The maximum absolute atomic E-state index is 10.1. The number of hydrogen-bond donors (Lipinski definition) is 2. The maximum atomic E-state index is 10.1. The molecule has 1 aliphatic rings. The molecule has 0 unspecified atom stereocenters. The fourth-order valence-corrected chi connectivity index (χ4v) is 2.21. The number of likely N-dealkylation sites (tertiary alicyclic amines) is 1. The van der Waals surface area contributed by atoms with E-state index in [9.17, 15) is 5.11 Å². The van der Waals surface area contributed by atoms with Crippen LogP contribution in [0, 0.1) is 5.92 Å². The summed E-state index contributed by atoms with van der Waals surface area (Å²) in [6, 6.07) is 7.98. The number of aliphatic hydroxyl groups is 2. The molecular weight excluding hydrogens is 214 g/mol. The Kier molecular flexibility index (Phi) is 3.52. The maximum Gasteiger partial charge on any atom is 0.0923 e. The molecule has 0 spiro atoms. The van der Waals surface area contributed by atoms with Crippen LogP contribution in [0.4, 0.5) is 0 Å². The van der Waals surface area contributed by atoms with Crippen LogP contribution >= 0.6 is 0 Å². The molecule has 2 N–H and O–H groups in total. The first-order valence-electron chi connectivity index (χ1n) is 6.17. The zero-order valence-corrected chi connectivity index (χ0v) is 10.6. The lowest BCUT2D eigenvalue weighted by atomic mass is 9.83. The van der Waals surface area contributed by atoms with Gasteiger partial charge in [0, 0.05) is 19.6 Å². The van der Waals surface area contributed by atoms with Gasteiger partial charge >= 0.3 is 0 Å². The Labute approximate surface area is 103 Å². The lowest BCUT2D eigenvalue weighted by molar-refractivity contribution is -0.130. The van der Waals surface area contributed by atoms with E-state index in [-0.39, 0.29) is 6.61 Å². The van der Waals surface area contributed by atoms with Crippen LogP contribution in [0.15, 0.2) is 24.3 Å². The smallest absolute Gasteiger partial charge is 0.0923 e. The Morgan fingerprint density at radius 2 is 1.71 bits per heavy atom. The Morgan fingerprint density at radius 1 is 1.18 bits per heavy atom. The largest absolute Gasteiger partial charge is 0.392 e. The number of benzene rings is 1. The van der Waals surface area contributed by atoms with E-state index in [1.165, 1.54) is 5.56 Å². The molecule has 0 radical (unpaired) electrons. The van der Waals surface area contributed by atoms with E-state index in [1.54, 1.807) is 0 Å². The van der Waals surface area contributed by atoms with Crippen molar-refractivity contribution in [2.75, 3.05) is 13.1 Å². The normalized spacial score (nSPS) is 19.4. The van der Waals surface area contributed by atoms with Gasteiger partial charge in [0.25, 0.3) is 0 Å². The van der Waals surface area contributed by atoms with E-state index < -0.39 is 5.60 Å². The third-order valence-corrected chi connectivity index (χ3v) is 3.68. The first-order valence-corrected chi connectivity index (χ1v) is 6.17. The summed E-state index contributed by atoms with van der Waals surface area (Å²) in [6.45, 7) is 6.61. The Morgan fingerprint density at radius 3 is 2.18 bits per heavy atom. The average molecular weight is 235 g/mol. The molecule has 0 bridgehead atoms. The molecule has 17 heavy (non-hydrogen) atoms. The van der Waals surface area contributed by atoms with Gasteiger partial charge in [-0.2, -0.15) is 0 Å². The molecule has 3 heteroatoms. The standard InChI is InChI=1S/C14H21NO2/c1-11(2)14(17)9-15(10-14)7-12-3-5-13(8-16)6-4-12/h3-6,11,16-17H,7-10H2,1-2H3. The second kappa shape index (κ2) is 4.77. The molecule has 94 valence electrons. The summed E-state index contributed by atoms with van der Waals surface area (Å²) in [6.07, 6.45) is 0. The van der Waals surface area contributed by atoms with Crippen LogP contribution in [-0.2, 0) is 13.2 Å². The highest BCUT2D eigenvalue weighted by Gasteiger charge is 2.43. The zero-order chi connectivity index (χ0) is 12.5. The molecular formula is C14H21NO2. The van der Waals surface area contributed by atoms with Crippen LogP contribution < -0.4 is 0 Å². The van der Waals surface area contributed by atoms with Crippen molar-refractivity contribution in [1.29, 1.82) is 0 Å². The molecule has 0 aliphatic carbocycles. The van der Waals surface area contributed by atoms with E-state index in [2.05, 4.69) is 18.7 Å². The van der Waals surface area contributed by atoms with Gasteiger partial charge in [-0.1, -0.05) is 38.1 Å². The van der Waals surface area contributed by atoms with Crippen molar-refractivity contribution >= 4 is 0 Å². The third-order valence-electron chi connectivity index (χ3n) is 3.68. The molecule has 1 aromatic carbocycles. The quantitative estimate of drug-likeness (QED) is 0.828. The van der Waals surface area contributed by atoms with Crippen LogP contribution in [0.3, 0.4) is 0 Å². The zero-order valence-electron chi connectivity index (χ0n) is 10.6. The fraction of sp³-hybridized carbons (Fsp3) is 0.571. The second-order valence-electron chi connectivity index (χ2n) is 5.38. The van der Waals surface area contributed by atoms with Gasteiger partial charge in [-0.15, -0.1) is 0 Å². The minimum Gasteiger partial charge on any atom is -0.392 e. The Hall–Kier alpha value is -0.900. The van der Waals surface area contributed by atoms with Crippen LogP contribution in [0.1, 0.15) is 25.0 Å². The number of β-amino-alcohol motifs (C(OH)–C–C–N with tert-alkyl or cyclic N) is 1. The summed E-state index contributed by atoms with van der Waals surface area (Å²) < 4.78 is 0. The summed E-state index contributed by atoms with van der Waals surface area (Å²) in [5.41, 5.74) is 1.68. The molecule has 1 fully saturated rings. The van der Waals surface area contributed by atoms with Crippen molar-refractivity contribution in [3.8, 4) is 0 Å². The van der Waals surface area contributed by atoms with E-state index in [0.29, 0.717) is 5.92 Å². The van der Waals surface area contributed by atoms with Gasteiger partial charge in [-0.05, 0) is 17.0 Å². The van der Waals surface area contributed by atoms with Crippen molar-refractivity contribution in [2.24, 2.45) is 5.92 Å². The van der Waals surface area contributed by atoms with E-state index in [1.807, 2.05) is 24.3 Å². The monoisotopic (exact) mass is 235 g/mol. The van der Waals surface area contributed by atoms with Gasteiger partial charge in [0.15, 0.2) is 0 Å². The van der Waals surface area contributed by atoms with Gasteiger partial charge in [-0.3, -0.25) is 4.90 Å². The minimum atomic E-state index is -0.495. The highest BCUT2D eigenvalue weighted by Crippen LogP contribution is 2.29. The first-order chi connectivity index (χ1) is 8.03. The SMILES string of the molecule is CC(C)C1(O)CN(Cc2ccc(CO)cc2)C1. The average Bonchev–Trinajstić information content (AvgIpc) is 2.27. The highest BCUT2D eigenvalue weighted by molar-refractivity contribution is 5.22. The number of nitrogens with zero attached hydrogens (tertiary/aromatic N) is 1. The summed E-state index contributed by atoms with van der Waals surface area (Å²) in [7, 11) is 0. The van der Waals surface area contributed by atoms with Gasteiger partial charge in [-0.25, -0.2) is 0 Å². The predicted molar refractivity (Wildman–Crippen MR) is 67.4 cm³/mol. The molecule has 1 aromatic rings. The molecule has 0 aromatic heterocycles. The van der Waals surface area contributed by atoms with Crippen LogP contribution in [0.2, 0.25) is 0 Å². The van der Waals surface area contributed by atoms with E-state index >= 15 is 0 Å². The fourth-order valence-electron chi connectivity index (χ4n) is 2.21. The van der Waals surface area contributed by atoms with Crippen molar-refractivity contribution in [1.82, 2.24) is 4.90 Å². The third kappa shape index (κ3) is 2.68. The molecule has 3 nitrogen and oxygen atoms in total. The number of rotatable bonds is 4. The summed E-state index contributed by atoms with van der Waals surface area (Å²) in [5.74, 6) is 0.315. The number of aliphatic hydroxyl groups excluding tert-OH is 1. The van der Waals surface area contributed by atoms with Gasteiger partial charge in [0.05, 0.1) is 12.2 Å². The minimum absolute atomic E-state index is 0.0943. The molecule has 0 saturated carbocycles. The molecule has 1 aliphatic heterocycles. The van der Waals surface area contributed by atoms with Crippen molar-refractivity contribution in [3.63, 3.8) is 0 Å². The highest BCUT2D eigenvalue weighted by atomic mass is 16.3. The molecule has 0 amide bonds. The first kappa shape index (κ1) is 12.6. The molecule has 2 rings (SSSR count). The molecule has 1 heterocycles. The molecule has 1 saturated heterocycles. The van der Waals surface area contributed by atoms with Gasteiger partial charge in [0.1, 0.15) is 0 Å². The van der Waals surface area contributed by atoms with E-state index in [0.717, 1.165) is 25.2 Å². The van der Waals surface area contributed by atoms with Gasteiger partial charge < -0.3 is 10.2 Å². The van der Waals surface area contributed by atoms with Gasteiger partial charge in [0.2, 0.25) is 0 Å². The Bertz CT molecular complexity index is 366. The van der Waals surface area contributed by atoms with Crippen LogP contribution in [0.25, 0.3) is 0 Å². The lowest BCUT2D eigenvalue weighted by Gasteiger charge is -2.49. The van der Waals surface area contributed by atoms with Crippen LogP contribution in [0.5, 0.6) is 0 Å². The summed E-state index contributed by atoms with van der Waals surface area (Å²) in [5, 5.41) is 19.1. The van der Waals surface area contributed by atoms with Crippen LogP contribution in [-0.4, -0.2) is 33.8 Å². The topological polar surface area (TPSA) is 43.7 Å². The summed E-state index contributed by atoms with van der Waals surface area (Å²) >= 11 is 0.